The average molecular weight is 316 g/mol. The van der Waals surface area contributed by atoms with Gasteiger partial charge in [-0.15, -0.1) is 5.06 Å². The topological polar surface area (TPSA) is 63.7 Å². The SMILES string of the molecule is O=C(ON1C(=O)CCC1=O)c1cccc(Br)c1F. The lowest BCUT2D eigenvalue weighted by Gasteiger charge is -2.12. The fourth-order valence-corrected chi connectivity index (χ4v) is 1.82. The van der Waals surface area contributed by atoms with Crippen molar-refractivity contribution in [1.29, 1.82) is 0 Å². The highest BCUT2D eigenvalue weighted by Gasteiger charge is 2.33. The summed E-state index contributed by atoms with van der Waals surface area (Å²) in [5.41, 5.74) is -0.350. The van der Waals surface area contributed by atoms with Crippen LogP contribution in [0.25, 0.3) is 0 Å². The summed E-state index contributed by atoms with van der Waals surface area (Å²) < 4.78 is 13.7. The maximum atomic E-state index is 13.6. The van der Waals surface area contributed by atoms with Crippen molar-refractivity contribution in [3.8, 4) is 0 Å². The third-order valence-electron chi connectivity index (χ3n) is 2.35. The van der Waals surface area contributed by atoms with Crippen LogP contribution in [0.3, 0.4) is 0 Å². The number of benzene rings is 1. The Kier molecular flexibility index (Phi) is 3.42. The van der Waals surface area contributed by atoms with Gasteiger partial charge in [0.05, 0.1) is 10.0 Å². The summed E-state index contributed by atoms with van der Waals surface area (Å²) in [4.78, 5) is 38.7. The van der Waals surface area contributed by atoms with E-state index in [1.54, 1.807) is 0 Å². The molecule has 5 nitrogen and oxygen atoms in total. The van der Waals surface area contributed by atoms with Gasteiger partial charge in [0, 0.05) is 12.8 Å². The van der Waals surface area contributed by atoms with E-state index in [0.717, 1.165) is 0 Å². The Morgan fingerprint density at radius 2 is 1.89 bits per heavy atom. The molecule has 1 aromatic carbocycles. The molecule has 2 rings (SSSR count). The molecule has 0 atom stereocenters. The third kappa shape index (κ3) is 2.26. The van der Waals surface area contributed by atoms with Crippen LogP contribution < -0.4 is 0 Å². The summed E-state index contributed by atoms with van der Waals surface area (Å²) in [6.45, 7) is 0. The molecule has 0 saturated carbocycles. The Morgan fingerprint density at radius 3 is 2.50 bits per heavy atom. The van der Waals surface area contributed by atoms with Crippen molar-refractivity contribution < 1.29 is 23.6 Å². The molecule has 1 aliphatic heterocycles. The zero-order valence-electron chi connectivity index (χ0n) is 8.98. The van der Waals surface area contributed by atoms with Crippen LogP contribution in [0, 0.1) is 5.82 Å². The van der Waals surface area contributed by atoms with E-state index in [4.69, 9.17) is 0 Å². The van der Waals surface area contributed by atoms with Crippen LogP contribution in [-0.2, 0) is 14.4 Å². The first kappa shape index (κ1) is 12.7. The van der Waals surface area contributed by atoms with Gasteiger partial charge < -0.3 is 4.84 Å². The lowest BCUT2D eigenvalue weighted by Crippen LogP contribution is -2.32. The van der Waals surface area contributed by atoms with Gasteiger partial charge >= 0.3 is 5.97 Å². The van der Waals surface area contributed by atoms with Gasteiger partial charge in [0.2, 0.25) is 0 Å². The van der Waals surface area contributed by atoms with E-state index in [1.807, 2.05) is 0 Å². The largest absolute Gasteiger partial charge is 0.366 e. The van der Waals surface area contributed by atoms with Gasteiger partial charge in [-0.2, -0.15) is 0 Å². The smallest absolute Gasteiger partial charge is 0.325 e. The van der Waals surface area contributed by atoms with Gasteiger partial charge in [-0.1, -0.05) is 6.07 Å². The lowest BCUT2D eigenvalue weighted by atomic mass is 10.2. The predicted molar refractivity (Wildman–Crippen MR) is 60.6 cm³/mol. The number of imide groups is 1. The molecule has 1 aromatic rings. The summed E-state index contributed by atoms with van der Waals surface area (Å²) in [5, 5.41) is 0.378. The van der Waals surface area contributed by atoms with Gasteiger partial charge in [-0.25, -0.2) is 9.18 Å². The summed E-state index contributed by atoms with van der Waals surface area (Å²) in [6, 6.07) is 4.06. The van der Waals surface area contributed by atoms with Crippen LogP contribution in [0.1, 0.15) is 23.2 Å². The van der Waals surface area contributed by atoms with Gasteiger partial charge in [-0.3, -0.25) is 9.59 Å². The maximum absolute atomic E-state index is 13.6. The fourth-order valence-electron chi connectivity index (χ4n) is 1.45. The minimum atomic E-state index is -1.09. The van der Waals surface area contributed by atoms with Crippen LogP contribution >= 0.6 is 15.9 Å². The van der Waals surface area contributed by atoms with Crippen LogP contribution in [0.4, 0.5) is 4.39 Å². The van der Waals surface area contributed by atoms with Gasteiger partial charge in [0.25, 0.3) is 11.8 Å². The Hall–Kier alpha value is -1.76. The molecule has 18 heavy (non-hydrogen) atoms. The molecule has 0 unspecified atom stereocenters. The highest BCUT2D eigenvalue weighted by atomic mass is 79.9. The van der Waals surface area contributed by atoms with Gasteiger partial charge in [-0.05, 0) is 28.1 Å². The zero-order chi connectivity index (χ0) is 13.3. The zero-order valence-corrected chi connectivity index (χ0v) is 10.6. The van der Waals surface area contributed by atoms with E-state index in [-0.39, 0.29) is 22.9 Å². The fraction of sp³-hybridized carbons (Fsp3) is 0.182. The number of halogens is 2. The predicted octanol–water partition coefficient (Wildman–Crippen LogP) is 1.81. The van der Waals surface area contributed by atoms with Crippen LogP contribution in [0.2, 0.25) is 0 Å². The van der Waals surface area contributed by atoms with Crippen molar-refractivity contribution in [3.05, 3.63) is 34.1 Å². The molecule has 1 heterocycles. The number of nitrogens with zero attached hydrogens (tertiary/aromatic N) is 1. The second-order valence-corrected chi connectivity index (χ2v) is 4.42. The highest BCUT2D eigenvalue weighted by molar-refractivity contribution is 9.10. The number of hydrogen-bond donors (Lipinski definition) is 0. The Labute approximate surface area is 110 Å². The Bertz CT molecular complexity index is 530. The maximum Gasteiger partial charge on any atom is 0.366 e. The van der Waals surface area contributed by atoms with E-state index in [1.165, 1.54) is 18.2 Å². The number of carbonyl (C=O) groups excluding carboxylic acids is 3. The summed E-state index contributed by atoms with van der Waals surface area (Å²) in [6.07, 6.45) is -0.0137. The molecule has 0 aromatic heterocycles. The first-order valence-electron chi connectivity index (χ1n) is 5.03. The Balaban J connectivity index is 2.20. The van der Waals surface area contributed by atoms with Crippen molar-refractivity contribution in [2.45, 2.75) is 12.8 Å². The van der Waals surface area contributed by atoms with Crippen molar-refractivity contribution in [2.75, 3.05) is 0 Å². The molecule has 0 N–H and O–H groups in total. The van der Waals surface area contributed by atoms with Crippen molar-refractivity contribution in [3.63, 3.8) is 0 Å². The van der Waals surface area contributed by atoms with Crippen LogP contribution in [0.15, 0.2) is 22.7 Å². The van der Waals surface area contributed by atoms with E-state index >= 15 is 0 Å². The van der Waals surface area contributed by atoms with Gasteiger partial charge in [0.1, 0.15) is 0 Å². The molecule has 1 aliphatic rings. The first-order chi connectivity index (χ1) is 8.50. The highest BCUT2D eigenvalue weighted by Crippen LogP contribution is 2.20. The van der Waals surface area contributed by atoms with E-state index in [2.05, 4.69) is 20.8 Å². The molecule has 7 heteroatoms. The first-order valence-corrected chi connectivity index (χ1v) is 5.82. The van der Waals surface area contributed by atoms with Gasteiger partial charge in [0.15, 0.2) is 5.82 Å². The number of rotatable bonds is 2. The quantitative estimate of drug-likeness (QED) is 0.781. The van der Waals surface area contributed by atoms with E-state index in [9.17, 15) is 18.8 Å². The molecule has 1 fully saturated rings. The molecule has 2 amide bonds. The molecule has 1 saturated heterocycles. The molecular weight excluding hydrogens is 309 g/mol. The van der Waals surface area contributed by atoms with Crippen LogP contribution in [-0.4, -0.2) is 22.8 Å². The monoisotopic (exact) mass is 315 g/mol. The van der Waals surface area contributed by atoms with Crippen molar-refractivity contribution >= 4 is 33.7 Å². The summed E-state index contributed by atoms with van der Waals surface area (Å²) >= 11 is 2.92. The summed E-state index contributed by atoms with van der Waals surface area (Å²) in [5.74, 6) is -3.11. The lowest BCUT2D eigenvalue weighted by molar-refractivity contribution is -0.172. The number of amides is 2. The van der Waals surface area contributed by atoms with E-state index in [0.29, 0.717) is 5.06 Å². The number of hydroxylamine groups is 2. The number of hydrogen-bond acceptors (Lipinski definition) is 4. The van der Waals surface area contributed by atoms with E-state index < -0.39 is 23.6 Å². The molecule has 0 bridgehead atoms. The third-order valence-corrected chi connectivity index (χ3v) is 2.96. The van der Waals surface area contributed by atoms with Crippen LogP contribution in [0.5, 0.6) is 0 Å². The molecule has 0 spiro atoms. The van der Waals surface area contributed by atoms with Crippen molar-refractivity contribution in [1.82, 2.24) is 5.06 Å². The Morgan fingerprint density at radius 1 is 1.28 bits per heavy atom. The standard InChI is InChI=1S/C11H7BrFNO4/c12-7-3-1-2-6(10(7)13)11(17)18-14-8(15)4-5-9(14)16/h1-3H,4-5H2. The minimum Gasteiger partial charge on any atom is -0.325 e. The second-order valence-electron chi connectivity index (χ2n) is 3.56. The normalized spacial score (nSPS) is 15.1. The average Bonchev–Trinajstić information content (AvgIpc) is 2.64. The second kappa shape index (κ2) is 4.85. The molecule has 94 valence electrons. The molecule has 0 aliphatic carbocycles. The summed E-state index contributed by atoms with van der Waals surface area (Å²) in [7, 11) is 0. The minimum absolute atomic E-state index is 0.00687. The molecule has 0 radical (unpaired) electrons. The molecular formula is C11H7BrFNO4. The number of carbonyl (C=O) groups is 3. The van der Waals surface area contributed by atoms with Crippen molar-refractivity contribution in [2.24, 2.45) is 0 Å².